The number of aryl methyl sites for hydroxylation is 1. The lowest BCUT2D eigenvalue weighted by molar-refractivity contribution is 0.0731. The van der Waals surface area contributed by atoms with E-state index in [0.717, 1.165) is 39.9 Å². The van der Waals surface area contributed by atoms with Gasteiger partial charge in [0.15, 0.2) is 9.84 Å². The minimum atomic E-state index is -3.75. The molecule has 2 heterocycles. The maximum atomic E-state index is 15.1. The highest BCUT2D eigenvalue weighted by Gasteiger charge is 2.27. The monoisotopic (exact) mass is 533 g/mol. The van der Waals surface area contributed by atoms with Crippen LogP contribution in [0.4, 0.5) is 4.39 Å². The molecule has 196 valence electrons. The maximum absolute atomic E-state index is 15.1. The maximum Gasteiger partial charge on any atom is 0.254 e. The Morgan fingerprint density at radius 3 is 2.58 bits per heavy atom. The number of fused-ring (bicyclic) bond motifs is 1. The number of ether oxygens (including phenoxy) is 1. The number of imidazole rings is 1. The van der Waals surface area contributed by atoms with Crippen LogP contribution in [-0.2, 0) is 22.8 Å². The number of carbonyl (C=O) groups is 1. The highest BCUT2D eigenvalue weighted by atomic mass is 32.2. The molecule has 0 radical (unpaired) electrons. The molecule has 1 aliphatic heterocycles. The molecule has 0 saturated carbocycles. The summed E-state index contributed by atoms with van der Waals surface area (Å²) in [5.41, 5.74) is 5.21. The van der Waals surface area contributed by atoms with Crippen molar-refractivity contribution in [3.05, 3.63) is 89.0 Å². The van der Waals surface area contributed by atoms with E-state index in [2.05, 4.69) is 16.0 Å². The highest BCUT2D eigenvalue weighted by Crippen LogP contribution is 2.32. The van der Waals surface area contributed by atoms with E-state index < -0.39 is 20.5 Å². The first-order valence-electron chi connectivity index (χ1n) is 12.3. The Bertz CT molecular complexity index is 1630. The minimum absolute atomic E-state index is 0.101. The van der Waals surface area contributed by atoms with Crippen LogP contribution in [0, 0.1) is 12.7 Å². The van der Waals surface area contributed by atoms with Crippen molar-refractivity contribution in [3.63, 3.8) is 0 Å². The molecule has 0 bridgehead atoms. The first-order valence-corrected chi connectivity index (χ1v) is 14.2. The van der Waals surface area contributed by atoms with Crippen LogP contribution < -0.4 is 4.74 Å². The van der Waals surface area contributed by atoms with Crippen LogP contribution in [0.2, 0.25) is 0 Å². The molecule has 0 spiro atoms. The van der Waals surface area contributed by atoms with Crippen LogP contribution in [0.15, 0.2) is 65.8 Å². The fourth-order valence-corrected chi connectivity index (χ4v) is 5.64. The number of carbonyl (C=O) groups excluding carboxylic acids is 1. The summed E-state index contributed by atoms with van der Waals surface area (Å²) >= 11 is 0. The molecule has 0 unspecified atom stereocenters. The molecule has 5 rings (SSSR count). The molecule has 7 nitrogen and oxygen atoms in total. The number of amides is 1. The zero-order chi connectivity index (χ0) is 27.0. The van der Waals surface area contributed by atoms with E-state index in [9.17, 15) is 13.2 Å². The first kappa shape index (κ1) is 25.7. The number of benzene rings is 3. The molecule has 1 amide bonds. The van der Waals surface area contributed by atoms with Crippen molar-refractivity contribution in [2.24, 2.45) is 0 Å². The van der Waals surface area contributed by atoms with Crippen LogP contribution in [0.25, 0.3) is 22.5 Å². The van der Waals surface area contributed by atoms with Gasteiger partial charge in [-0.05, 0) is 54.3 Å². The summed E-state index contributed by atoms with van der Waals surface area (Å²) in [5.74, 6) is 0.289. The van der Waals surface area contributed by atoms with Crippen molar-refractivity contribution in [1.29, 1.82) is 0 Å². The summed E-state index contributed by atoms with van der Waals surface area (Å²) in [7, 11) is -3.75. The number of hydrogen-bond donors (Lipinski definition) is 1. The molecule has 1 aliphatic rings. The molecular formula is C29H28FN3O4S. The van der Waals surface area contributed by atoms with Crippen molar-refractivity contribution in [1.82, 2.24) is 14.9 Å². The fraction of sp³-hybridized carbons (Fsp3) is 0.241. The summed E-state index contributed by atoms with van der Waals surface area (Å²) in [4.78, 5) is 22.2. The van der Waals surface area contributed by atoms with Gasteiger partial charge in [0.05, 0.1) is 6.54 Å². The molecule has 0 saturated heterocycles. The summed E-state index contributed by atoms with van der Waals surface area (Å²) in [6.45, 7) is 4.63. The molecule has 3 aromatic carbocycles. The van der Waals surface area contributed by atoms with Gasteiger partial charge < -0.3 is 14.6 Å². The number of halogens is 1. The van der Waals surface area contributed by atoms with Gasteiger partial charge in [0, 0.05) is 47.4 Å². The van der Waals surface area contributed by atoms with Crippen LogP contribution in [0.5, 0.6) is 5.75 Å². The average molecular weight is 534 g/mol. The second kappa shape index (κ2) is 10.1. The second-order valence-corrected chi connectivity index (χ2v) is 11.4. The van der Waals surface area contributed by atoms with Gasteiger partial charge in [-0.2, -0.15) is 0 Å². The topological polar surface area (TPSA) is 92.4 Å². The number of rotatable bonds is 5. The normalized spacial score (nSPS) is 13.5. The molecule has 0 aliphatic carbocycles. The third-order valence-electron chi connectivity index (χ3n) is 6.83. The Morgan fingerprint density at radius 2 is 1.89 bits per heavy atom. The predicted octanol–water partition coefficient (Wildman–Crippen LogP) is 5.19. The third kappa shape index (κ3) is 4.81. The van der Waals surface area contributed by atoms with Crippen molar-refractivity contribution in [2.45, 2.75) is 31.7 Å². The van der Waals surface area contributed by atoms with Gasteiger partial charge in [0.2, 0.25) is 0 Å². The van der Waals surface area contributed by atoms with E-state index in [0.29, 0.717) is 18.9 Å². The number of hydrogen-bond acceptors (Lipinski definition) is 5. The van der Waals surface area contributed by atoms with Crippen molar-refractivity contribution in [3.8, 4) is 28.3 Å². The molecule has 0 fully saturated rings. The number of nitrogens with one attached hydrogen (secondary N) is 1. The van der Waals surface area contributed by atoms with Gasteiger partial charge >= 0.3 is 0 Å². The number of sulfone groups is 1. The predicted molar refractivity (Wildman–Crippen MR) is 143 cm³/mol. The quantitative estimate of drug-likeness (QED) is 0.381. The van der Waals surface area contributed by atoms with Gasteiger partial charge in [-0.25, -0.2) is 17.8 Å². The number of H-pyrrole nitrogens is 1. The van der Waals surface area contributed by atoms with E-state index in [4.69, 9.17) is 4.74 Å². The second-order valence-electron chi connectivity index (χ2n) is 9.39. The smallest absolute Gasteiger partial charge is 0.254 e. The molecule has 1 N–H and O–H groups in total. The van der Waals surface area contributed by atoms with E-state index in [-0.39, 0.29) is 30.0 Å². The Morgan fingerprint density at radius 1 is 1.13 bits per heavy atom. The molecule has 9 heteroatoms. The molecular weight excluding hydrogens is 505 g/mol. The first-order chi connectivity index (χ1) is 18.2. The largest absolute Gasteiger partial charge is 0.491 e. The summed E-state index contributed by atoms with van der Waals surface area (Å²) in [6.07, 6.45) is 4.66. The minimum Gasteiger partial charge on any atom is -0.491 e. The molecule has 0 atom stereocenters. The van der Waals surface area contributed by atoms with E-state index in [1.165, 1.54) is 12.1 Å². The Balaban J connectivity index is 1.46. The van der Waals surface area contributed by atoms with Gasteiger partial charge in [0.1, 0.15) is 28.9 Å². The summed E-state index contributed by atoms with van der Waals surface area (Å²) < 4.78 is 45.0. The van der Waals surface area contributed by atoms with Crippen molar-refractivity contribution < 1.29 is 22.3 Å². The molecule has 1 aromatic heterocycles. The van der Waals surface area contributed by atoms with E-state index in [1.54, 1.807) is 24.2 Å². The lowest BCUT2D eigenvalue weighted by Crippen LogP contribution is -2.33. The standard InChI is InChI=1S/C29H28FN3O4S/c1-4-22-24(8-10-26(27(22)30)38(3,35)36)29(34)33-13-14-37-25-9-6-20(16-21(25)17-33)19-5-7-23(18(2)15-19)28-31-11-12-32-28/h5-12,15-16H,4,13-14,17H2,1-3H3,(H,31,32). The zero-order valence-corrected chi connectivity index (χ0v) is 22.2. The highest BCUT2D eigenvalue weighted by molar-refractivity contribution is 7.90. The third-order valence-corrected chi connectivity index (χ3v) is 7.95. The van der Waals surface area contributed by atoms with Crippen LogP contribution in [0.1, 0.15) is 34.0 Å². The van der Waals surface area contributed by atoms with Crippen LogP contribution in [-0.4, -0.2) is 48.6 Å². The number of aromatic amines is 1. The van der Waals surface area contributed by atoms with Gasteiger partial charge in [-0.3, -0.25) is 4.79 Å². The number of aromatic nitrogens is 2. The lowest BCUT2D eigenvalue weighted by atomic mass is 9.97. The van der Waals surface area contributed by atoms with Crippen molar-refractivity contribution in [2.75, 3.05) is 19.4 Å². The van der Waals surface area contributed by atoms with Gasteiger partial charge in [-0.1, -0.05) is 31.2 Å². The van der Waals surface area contributed by atoms with Crippen molar-refractivity contribution >= 4 is 15.7 Å². The fourth-order valence-electron chi connectivity index (χ4n) is 4.87. The average Bonchev–Trinajstić information content (AvgIpc) is 3.33. The van der Waals surface area contributed by atoms with E-state index in [1.807, 2.05) is 37.3 Å². The summed E-state index contributed by atoms with van der Waals surface area (Å²) in [5, 5.41) is 0. The zero-order valence-electron chi connectivity index (χ0n) is 21.4. The lowest BCUT2D eigenvalue weighted by Gasteiger charge is -2.22. The Labute approximate surface area is 221 Å². The van der Waals surface area contributed by atoms with Crippen LogP contribution >= 0.6 is 0 Å². The SMILES string of the molecule is CCc1c(C(=O)N2CCOc3ccc(-c4ccc(-c5ncc[nH]5)c(C)c4)cc3C2)ccc(S(C)(=O)=O)c1F. The van der Waals surface area contributed by atoms with E-state index >= 15 is 4.39 Å². The van der Waals surface area contributed by atoms with Crippen LogP contribution in [0.3, 0.4) is 0 Å². The molecule has 38 heavy (non-hydrogen) atoms. The Hall–Kier alpha value is -3.98. The summed E-state index contributed by atoms with van der Waals surface area (Å²) in [6, 6.07) is 14.7. The van der Waals surface area contributed by atoms with Gasteiger partial charge in [0.25, 0.3) is 5.91 Å². The Kier molecular flexibility index (Phi) is 6.79. The van der Waals surface area contributed by atoms with Gasteiger partial charge in [-0.15, -0.1) is 0 Å². The number of nitrogens with zero attached hydrogens (tertiary/aromatic N) is 2. The molecule has 4 aromatic rings.